The predicted octanol–water partition coefficient (Wildman–Crippen LogP) is 1.55. The Kier molecular flexibility index (Phi) is 6.49. The summed E-state index contributed by atoms with van der Waals surface area (Å²) in [5, 5.41) is 0. The van der Waals surface area contributed by atoms with Crippen LogP contribution in [0, 0.1) is 0 Å². The monoisotopic (exact) mass is 304 g/mol. The zero-order valence-corrected chi connectivity index (χ0v) is 12.3. The van der Waals surface area contributed by atoms with Crippen LogP contribution in [0.1, 0.15) is 5.56 Å². The molecular weight excluding hydrogens is 288 g/mol. The van der Waals surface area contributed by atoms with Gasteiger partial charge >= 0.3 is 12.1 Å². The summed E-state index contributed by atoms with van der Waals surface area (Å²) in [6, 6.07) is 8.02. The summed E-state index contributed by atoms with van der Waals surface area (Å²) in [5.74, 6) is -0.711. The molecule has 0 saturated heterocycles. The number of amides is 4. The van der Waals surface area contributed by atoms with E-state index < -0.39 is 24.6 Å². The Morgan fingerprint density at radius 2 is 1.82 bits per heavy atom. The fourth-order valence-corrected chi connectivity index (χ4v) is 1.55. The van der Waals surface area contributed by atoms with E-state index in [4.69, 9.17) is 0 Å². The number of hydrogen-bond acceptors (Lipinski definition) is 5. The van der Waals surface area contributed by atoms with Gasteiger partial charge in [-0.15, -0.1) is 0 Å². The zero-order valence-electron chi connectivity index (χ0n) is 12.3. The van der Waals surface area contributed by atoms with Crippen LogP contribution in [0.3, 0.4) is 0 Å². The third-order valence-electron chi connectivity index (χ3n) is 2.71. The van der Waals surface area contributed by atoms with Crippen molar-refractivity contribution in [2.45, 2.75) is 0 Å². The van der Waals surface area contributed by atoms with Crippen LogP contribution in [0.25, 0.3) is 6.08 Å². The first-order chi connectivity index (χ1) is 10.5. The third kappa shape index (κ3) is 4.55. The molecule has 0 aromatic heterocycles. The summed E-state index contributed by atoms with van der Waals surface area (Å²) in [7, 11) is 2.26. The Hall–Kier alpha value is -2.96. The Balaban J connectivity index is 2.88. The Bertz CT molecular complexity index is 583. The quantitative estimate of drug-likeness (QED) is 0.622. The second kappa shape index (κ2) is 8.35. The van der Waals surface area contributed by atoms with E-state index in [2.05, 4.69) is 4.74 Å². The number of hydrogen-bond donors (Lipinski definition) is 0. The molecule has 0 saturated carbocycles. The smallest absolute Gasteiger partial charge is 0.417 e. The molecule has 0 fully saturated rings. The van der Waals surface area contributed by atoms with Crippen molar-refractivity contribution in [3.63, 3.8) is 0 Å². The van der Waals surface area contributed by atoms with Gasteiger partial charge in [0.15, 0.2) is 0 Å². The van der Waals surface area contributed by atoms with Crippen molar-refractivity contribution < 1.29 is 23.9 Å². The van der Waals surface area contributed by atoms with Crippen molar-refractivity contribution in [1.82, 2.24) is 9.80 Å². The molecule has 116 valence electrons. The van der Waals surface area contributed by atoms with Crippen molar-refractivity contribution >= 4 is 30.4 Å². The van der Waals surface area contributed by atoms with E-state index in [9.17, 15) is 19.2 Å². The van der Waals surface area contributed by atoms with Crippen LogP contribution in [0.4, 0.5) is 9.59 Å². The van der Waals surface area contributed by atoms with Crippen LogP contribution in [0.5, 0.6) is 0 Å². The van der Waals surface area contributed by atoms with E-state index in [-0.39, 0.29) is 0 Å². The minimum atomic E-state index is -0.943. The predicted molar refractivity (Wildman–Crippen MR) is 78.8 cm³/mol. The summed E-state index contributed by atoms with van der Waals surface area (Å²) >= 11 is 0. The largest absolute Gasteiger partial charge is 0.452 e. The fraction of sp³-hybridized carbons (Fsp3) is 0.200. The highest BCUT2D eigenvalue weighted by Gasteiger charge is 2.26. The molecule has 4 amide bonds. The average Bonchev–Trinajstić information content (AvgIpc) is 2.56. The molecule has 0 atom stereocenters. The van der Waals surface area contributed by atoms with Gasteiger partial charge in [-0.05, 0) is 11.6 Å². The molecular formula is C15H16N2O5. The summed E-state index contributed by atoms with van der Waals surface area (Å²) in [5.41, 5.74) is 0.760. The molecule has 1 aromatic rings. The Labute approximate surface area is 127 Å². The molecule has 0 N–H and O–H groups in total. The molecule has 0 aliphatic carbocycles. The van der Waals surface area contributed by atoms with E-state index in [0.717, 1.165) is 25.8 Å². The van der Waals surface area contributed by atoms with E-state index in [1.165, 1.54) is 6.08 Å². The van der Waals surface area contributed by atoms with Crippen LogP contribution >= 0.6 is 0 Å². The van der Waals surface area contributed by atoms with Crippen molar-refractivity contribution in [3.8, 4) is 0 Å². The number of carbonyl (C=O) groups is 4. The molecule has 1 rings (SSSR count). The maximum Gasteiger partial charge on any atom is 0.417 e. The van der Waals surface area contributed by atoms with Crippen LogP contribution in [-0.4, -0.2) is 54.8 Å². The lowest BCUT2D eigenvalue weighted by Crippen LogP contribution is -2.47. The number of rotatable bonds is 4. The van der Waals surface area contributed by atoms with Gasteiger partial charge < -0.3 is 9.53 Å². The molecule has 0 spiro atoms. The highest BCUT2D eigenvalue weighted by molar-refractivity contribution is 6.06. The highest BCUT2D eigenvalue weighted by Crippen LogP contribution is 2.04. The normalized spacial score (nSPS) is 10.1. The van der Waals surface area contributed by atoms with Crippen LogP contribution < -0.4 is 0 Å². The van der Waals surface area contributed by atoms with Gasteiger partial charge in [0.2, 0.25) is 0 Å². The minimum absolute atomic E-state index is 0.400. The van der Waals surface area contributed by atoms with Gasteiger partial charge in [-0.25, -0.2) is 14.5 Å². The Morgan fingerprint density at radius 3 is 2.36 bits per heavy atom. The standard InChI is InChI=1S/C15H16N2O5/c1-16(15(21)22-2)14(20)17(10-11-18)13(19)9-8-12-6-4-3-5-7-12/h3-9,11H,10H2,1-2H3. The maximum atomic E-state index is 12.0. The SMILES string of the molecule is COC(=O)N(C)C(=O)N(CC=O)C(=O)C=Cc1ccccc1. The topological polar surface area (TPSA) is 84.0 Å². The van der Waals surface area contributed by atoms with E-state index in [0.29, 0.717) is 16.1 Å². The van der Waals surface area contributed by atoms with Crippen LogP contribution in [0.15, 0.2) is 36.4 Å². The molecule has 0 radical (unpaired) electrons. The fourth-order valence-electron chi connectivity index (χ4n) is 1.55. The summed E-state index contributed by atoms with van der Waals surface area (Å²) in [6.45, 7) is -0.460. The number of carbonyl (C=O) groups excluding carboxylic acids is 4. The number of aldehydes is 1. The number of nitrogens with zero attached hydrogens (tertiary/aromatic N) is 2. The molecule has 0 bridgehead atoms. The summed E-state index contributed by atoms with van der Waals surface area (Å²) < 4.78 is 4.39. The summed E-state index contributed by atoms with van der Waals surface area (Å²) in [4.78, 5) is 47.3. The molecule has 7 heteroatoms. The van der Waals surface area contributed by atoms with Gasteiger partial charge in [0, 0.05) is 13.1 Å². The van der Waals surface area contributed by atoms with Crippen molar-refractivity contribution in [3.05, 3.63) is 42.0 Å². The van der Waals surface area contributed by atoms with E-state index >= 15 is 0 Å². The minimum Gasteiger partial charge on any atom is -0.452 e. The lowest BCUT2D eigenvalue weighted by molar-refractivity contribution is -0.125. The van der Waals surface area contributed by atoms with Gasteiger partial charge in [0.1, 0.15) is 6.29 Å². The first-order valence-corrected chi connectivity index (χ1v) is 6.35. The highest BCUT2D eigenvalue weighted by atomic mass is 16.5. The van der Waals surface area contributed by atoms with E-state index in [1.54, 1.807) is 24.3 Å². The Morgan fingerprint density at radius 1 is 1.18 bits per heavy atom. The molecule has 1 aromatic carbocycles. The average molecular weight is 304 g/mol. The van der Waals surface area contributed by atoms with Crippen LogP contribution in [0.2, 0.25) is 0 Å². The number of imide groups is 2. The molecule has 0 heterocycles. The number of methoxy groups -OCH3 is 1. The van der Waals surface area contributed by atoms with E-state index in [1.807, 2.05) is 6.07 Å². The molecule has 0 unspecified atom stereocenters. The zero-order chi connectivity index (χ0) is 16.5. The van der Waals surface area contributed by atoms with Gasteiger partial charge in [-0.3, -0.25) is 9.69 Å². The lowest BCUT2D eigenvalue weighted by atomic mass is 10.2. The summed E-state index contributed by atoms with van der Waals surface area (Å²) in [6.07, 6.45) is 2.13. The second-order valence-corrected chi connectivity index (χ2v) is 4.17. The molecule has 7 nitrogen and oxygen atoms in total. The number of ether oxygens (including phenoxy) is 1. The molecule has 22 heavy (non-hydrogen) atoms. The maximum absolute atomic E-state index is 12.0. The second-order valence-electron chi connectivity index (χ2n) is 4.17. The molecule has 0 aliphatic rings. The van der Waals surface area contributed by atoms with Gasteiger partial charge in [0.05, 0.1) is 13.7 Å². The number of urea groups is 1. The van der Waals surface area contributed by atoms with Gasteiger partial charge in [-0.1, -0.05) is 30.3 Å². The number of benzene rings is 1. The molecule has 0 aliphatic heterocycles. The van der Waals surface area contributed by atoms with Crippen molar-refractivity contribution in [1.29, 1.82) is 0 Å². The first-order valence-electron chi connectivity index (χ1n) is 6.35. The third-order valence-corrected chi connectivity index (χ3v) is 2.71. The van der Waals surface area contributed by atoms with Crippen molar-refractivity contribution in [2.75, 3.05) is 20.7 Å². The van der Waals surface area contributed by atoms with Crippen molar-refractivity contribution in [2.24, 2.45) is 0 Å². The van der Waals surface area contributed by atoms with Gasteiger partial charge in [0.25, 0.3) is 5.91 Å². The lowest BCUT2D eigenvalue weighted by Gasteiger charge is -2.22. The first kappa shape index (κ1) is 17.1. The van der Waals surface area contributed by atoms with Crippen LogP contribution in [-0.2, 0) is 14.3 Å². The van der Waals surface area contributed by atoms with Gasteiger partial charge in [-0.2, -0.15) is 0 Å².